The number of piperidine rings is 1. The van der Waals surface area contributed by atoms with E-state index in [9.17, 15) is 9.59 Å². The van der Waals surface area contributed by atoms with Crippen LogP contribution in [0.1, 0.15) is 70.6 Å². The SMILES string of the molecule is O=C1CC2(CCCCC2)CC(=O)N1CCCCCCO. The minimum atomic E-state index is -0.000194. The molecule has 0 radical (unpaired) electrons. The molecule has 1 aliphatic carbocycles. The molecule has 20 heavy (non-hydrogen) atoms. The molecule has 4 heteroatoms. The van der Waals surface area contributed by atoms with Crippen molar-refractivity contribution in [1.29, 1.82) is 0 Å². The van der Waals surface area contributed by atoms with Crippen LogP contribution in [0.2, 0.25) is 0 Å². The summed E-state index contributed by atoms with van der Waals surface area (Å²) in [6.07, 6.45) is 10.5. The quantitative estimate of drug-likeness (QED) is 0.601. The number of aliphatic hydroxyl groups excluding tert-OH is 1. The second kappa shape index (κ2) is 7.21. The Morgan fingerprint density at radius 3 is 2.10 bits per heavy atom. The molecule has 114 valence electrons. The Hall–Kier alpha value is -0.900. The molecule has 0 aromatic heterocycles. The van der Waals surface area contributed by atoms with Crippen molar-refractivity contribution in [2.75, 3.05) is 13.2 Å². The zero-order valence-corrected chi connectivity index (χ0v) is 12.4. The number of carbonyl (C=O) groups is 2. The largest absolute Gasteiger partial charge is 0.396 e. The Labute approximate surface area is 121 Å². The molecule has 0 atom stereocenters. The lowest BCUT2D eigenvalue weighted by atomic mass is 9.67. The molecule has 1 saturated heterocycles. The van der Waals surface area contributed by atoms with Crippen LogP contribution in [-0.4, -0.2) is 35.0 Å². The van der Waals surface area contributed by atoms with Crippen molar-refractivity contribution in [3.63, 3.8) is 0 Å². The van der Waals surface area contributed by atoms with E-state index in [4.69, 9.17) is 5.11 Å². The molecule has 2 rings (SSSR count). The predicted molar refractivity (Wildman–Crippen MR) is 77.0 cm³/mol. The lowest BCUT2D eigenvalue weighted by Crippen LogP contribution is -2.48. The lowest BCUT2D eigenvalue weighted by molar-refractivity contribution is -0.154. The van der Waals surface area contributed by atoms with Gasteiger partial charge in [-0.15, -0.1) is 0 Å². The van der Waals surface area contributed by atoms with Gasteiger partial charge >= 0.3 is 0 Å². The zero-order valence-electron chi connectivity index (χ0n) is 12.4. The van der Waals surface area contributed by atoms with E-state index >= 15 is 0 Å². The number of rotatable bonds is 6. The number of imide groups is 1. The van der Waals surface area contributed by atoms with Gasteiger partial charge in [-0.05, 0) is 31.1 Å². The molecule has 1 spiro atoms. The molecule has 0 unspecified atom stereocenters. The average Bonchev–Trinajstić information content (AvgIpc) is 2.42. The Bertz CT molecular complexity index is 328. The second-order valence-corrected chi connectivity index (χ2v) is 6.49. The van der Waals surface area contributed by atoms with Crippen LogP contribution in [0.4, 0.5) is 0 Å². The second-order valence-electron chi connectivity index (χ2n) is 6.49. The monoisotopic (exact) mass is 281 g/mol. The van der Waals surface area contributed by atoms with Crippen LogP contribution < -0.4 is 0 Å². The molecule has 0 aromatic carbocycles. The Kier molecular flexibility index (Phi) is 5.58. The summed E-state index contributed by atoms with van der Waals surface area (Å²) in [6, 6.07) is 0. The van der Waals surface area contributed by atoms with Gasteiger partial charge in [0.05, 0.1) is 0 Å². The number of amides is 2. The van der Waals surface area contributed by atoms with Gasteiger partial charge in [0.25, 0.3) is 0 Å². The van der Waals surface area contributed by atoms with Gasteiger partial charge in [0.1, 0.15) is 0 Å². The number of likely N-dealkylation sites (tertiary alicyclic amines) is 1. The molecule has 1 aliphatic heterocycles. The first-order valence-electron chi connectivity index (χ1n) is 8.11. The molecular weight excluding hydrogens is 254 g/mol. The van der Waals surface area contributed by atoms with Crippen LogP contribution in [0.15, 0.2) is 0 Å². The fraction of sp³-hybridized carbons (Fsp3) is 0.875. The molecule has 1 N–H and O–H groups in total. The van der Waals surface area contributed by atoms with Crippen LogP contribution >= 0.6 is 0 Å². The van der Waals surface area contributed by atoms with E-state index in [0.29, 0.717) is 19.4 Å². The van der Waals surface area contributed by atoms with E-state index in [2.05, 4.69) is 0 Å². The maximum Gasteiger partial charge on any atom is 0.229 e. The standard InChI is InChI=1S/C16H27NO3/c18-11-7-2-1-6-10-17-14(19)12-16(13-15(17)20)8-4-3-5-9-16/h18H,1-13H2. The highest BCUT2D eigenvalue weighted by molar-refractivity contribution is 5.98. The Morgan fingerprint density at radius 1 is 0.900 bits per heavy atom. The molecule has 1 saturated carbocycles. The fourth-order valence-corrected chi connectivity index (χ4v) is 3.67. The summed E-state index contributed by atoms with van der Waals surface area (Å²) in [4.78, 5) is 26.0. The van der Waals surface area contributed by atoms with E-state index in [0.717, 1.165) is 38.5 Å². The van der Waals surface area contributed by atoms with Crippen molar-refractivity contribution >= 4 is 11.8 Å². The smallest absolute Gasteiger partial charge is 0.229 e. The zero-order chi connectivity index (χ0) is 14.4. The number of hydrogen-bond donors (Lipinski definition) is 1. The summed E-state index contributed by atoms with van der Waals surface area (Å²) < 4.78 is 0. The number of unbranched alkanes of at least 4 members (excludes halogenated alkanes) is 3. The molecule has 0 bridgehead atoms. The van der Waals surface area contributed by atoms with Crippen LogP contribution in [0.5, 0.6) is 0 Å². The highest BCUT2D eigenvalue weighted by Crippen LogP contribution is 2.45. The van der Waals surface area contributed by atoms with Crippen LogP contribution in [0, 0.1) is 5.41 Å². The maximum absolute atomic E-state index is 12.3. The van der Waals surface area contributed by atoms with Crippen molar-refractivity contribution in [3.05, 3.63) is 0 Å². The van der Waals surface area contributed by atoms with Crippen molar-refractivity contribution < 1.29 is 14.7 Å². The van der Waals surface area contributed by atoms with Gasteiger partial charge in [0, 0.05) is 26.0 Å². The highest BCUT2D eigenvalue weighted by atomic mass is 16.3. The van der Waals surface area contributed by atoms with Crippen molar-refractivity contribution in [2.45, 2.75) is 70.6 Å². The third-order valence-corrected chi connectivity index (χ3v) is 4.86. The van der Waals surface area contributed by atoms with Gasteiger partial charge in [0.2, 0.25) is 11.8 Å². The summed E-state index contributed by atoms with van der Waals surface area (Å²) in [5.41, 5.74) is -0.000194. The first-order chi connectivity index (χ1) is 9.67. The summed E-state index contributed by atoms with van der Waals surface area (Å²) >= 11 is 0. The summed E-state index contributed by atoms with van der Waals surface area (Å²) in [5.74, 6) is 0.0932. The highest BCUT2D eigenvalue weighted by Gasteiger charge is 2.43. The van der Waals surface area contributed by atoms with E-state index in [-0.39, 0.29) is 23.8 Å². The first-order valence-corrected chi connectivity index (χ1v) is 8.11. The molecule has 0 aromatic rings. The van der Waals surface area contributed by atoms with Gasteiger partial charge in [-0.2, -0.15) is 0 Å². The van der Waals surface area contributed by atoms with Gasteiger partial charge in [-0.3, -0.25) is 14.5 Å². The lowest BCUT2D eigenvalue weighted by Gasteiger charge is -2.42. The van der Waals surface area contributed by atoms with Gasteiger partial charge in [-0.25, -0.2) is 0 Å². The summed E-state index contributed by atoms with van der Waals surface area (Å²) in [5, 5.41) is 8.72. The van der Waals surface area contributed by atoms with E-state index in [1.807, 2.05) is 0 Å². The predicted octanol–water partition coefficient (Wildman–Crippen LogP) is 2.64. The van der Waals surface area contributed by atoms with Crippen molar-refractivity contribution in [1.82, 2.24) is 4.90 Å². The average molecular weight is 281 g/mol. The maximum atomic E-state index is 12.3. The first kappa shape index (κ1) is 15.5. The van der Waals surface area contributed by atoms with Gasteiger partial charge < -0.3 is 5.11 Å². The van der Waals surface area contributed by atoms with Gasteiger partial charge in [0.15, 0.2) is 0 Å². The molecule has 4 nitrogen and oxygen atoms in total. The Morgan fingerprint density at radius 2 is 1.50 bits per heavy atom. The third kappa shape index (κ3) is 3.81. The van der Waals surface area contributed by atoms with Crippen LogP contribution in [0.3, 0.4) is 0 Å². The van der Waals surface area contributed by atoms with Crippen LogP contribution in [0.25, 0.3) is 0 Å². The van der Waals surface area contributed by atoms with Gasteiger partial charge in [-0.1, -0.05) is 32.1 Å². The number of carbonyl (C=O) groups excluding carboxylic acids is 2. The van der Waals surface area contributed by atoms with E-state index in [1.54, 1.807) is 0 Å². The summed E-state index contributed by atoms with van der Waals surface area (Å²) in [7, 11) is 0. The molecule has 2 amide bonds. The Balaban J connectivity index is 1.81. The van der Waals surface area contributed by atoms with E-state index < -0.39 is 0 Å². The molecule has 2 aliphatic rings. The molecule has 1 heterocycles. The topological polar surface area (TPSA) is 57.6 Å². The number of hydrogen-bond acceptors (Lipinski definition) is 3. The number of aliphatic hydroxyl groups is 1. The minimum absolute atomic E-state index is 0.000194. The van der Waals surface area contributed by atoms with E-state index in [1.165, 1.54) is 24.2 Å². The van der Waals surface area contributed by atoms with Crippen molar-refractivity contribution in [3.8, 4) is 0 Å². The number of nitrogens with zero attached hydrogens (tertiary/aromatic N) is 1. The molecular formula is C16H27NO3. The fourth-order valence-electron chi connectivity index (χ4n) is 3.67. The van der Waals surface area contributed by atoms with Crippen molar-refractivity contribution in [2.24, 2.45) is 5.41 Å². The van der Waals surface area contributed by atoms with Crippen LogP contribution in [-0.2, 0) is 9.59 Å². The summed E-state index contributed by atoms with van der Waals surface area (Å²) in [6.45, 7) is 0.795. The molecule has 2 fully saturated rings. The minimum Gasteiger partial charge on any atom is -0.396 e. The third-order valence-electron chi connectivity index (χ3n) is 4.86. The normalized spacial score (nSPS) is 22.6.